The van der Waals surface area contributed by atoms with Gasteiger partial charge in [0.25, 0.3) is 11.6 Å². The third kappa shape index (κ3) is 3.43. The predicted molar refractivity (Wildman–Crippen MR) is 106 cm³/mol. The number of hydrogen-bond acceptors (Lipinski definition) is 5. The van der Waals surface area contributed by atoms with Crippen molar-refractivity contribution in [1.29, 1.82) is 0 Å². The Hall–Kier alpha value is -3.00. The molecule has 1 saturated heterocycles. The molecular formula is C20H24N5O3+. The molecule has 0 spiro atoms. The summed E-state index contributed by atoms with van der Waals surface area (Å²) >= 11 is 0. The van der Waals surface area contributed by atoms with E-state index in [1.807, 2.05) is 26.0 Å². The number of carbonyl (C=O) groups excluding carboxylic acids is 1. The minimum Gasteiger partial charge on any atom is -0.376 e. The molecule has 8 nitrogen and oxygen atoms in total. The van der Waals surface area contributed by atoms with Crippen molar-refractivity contribution in [2.45, 2.75) is 32.8 Å². The third-order valence-electron chi connectivity index (χ3n) is 4.92. The molecule has 146 valence electrons. The van der Waals surface area contributed by atoms with Gasteiger partial charge in [-0.05, 0) is 44.4 Å². The van der Waals surface area contributed by atoms with Gasteiger partial charge in [-0.15, -0.1) is 0 Å². The van der Waals surface area contributed by atoms with Gasteiger partial charge >= 0.3 is 5.56 Å². The first kappa shape index (κ1) is 18.4. The van der Waals surface area contributed by atoms with Crippen LogP contribution >= 0.6 is 0 Å². The monoisotopic (exact) mass is 382 g/mol. The highest BCUT2D eigenvalue weighted by molar-refractivity contribution is 6.01. The number of pyridine rings is 2. The van der Waals surface area contributed by atoms with E-state index >= 15 is 0 Å². The summed E-state index contributed by atoms with van der Waals surface area (Å²) in [7, 11) is 0. The predicted octanol–water partition coefficient (Wildman–Crippen LogP) is 1.31. The van der Waals surface area contributed by atoms with E-state index in [1.165, 1.54) is 0 Å². The van der Waals surface area contributed by atoms with E-state index in [0.717, 1.165) is 25.0 Å². The molecule has 0 aliphatic carbocycles. The minimum absolute atomic E-state index is 0.0471. The zero-order valence-electron chi connectivity index (χ0n) is 16.0. The Labute approximate surface area is 161 Å². The number of hydrogen-bond donors (Lipinski definition) is 2. The summed E-state index contributed by atoms with van der Waals surface area (Å²) in [6.07, 6.45) is 3.77. The van der Waals surface area contributed by atoms with Gasteiger partial charge in [0.1, 0.15) is 10.9 Å². The fourth-order valence-corrected chi connectivity index (χ4v) is 3.48. The van der Waals surface area contributed by atoms with Crippen molar-refractivity contribution < 1.29 is 14.5 Å². The van der Waals surface area contributed by atoms with Crippen LogP contribution in [0.4, 0.5) is 5.82 Å². The molecule has 0 radical (unpaired) electrons. The molecule has 3 aromatic rings. The highest BCUT2D eigenvalue weighted by atomic mass is 16.5. The van der Waals surface area contributed by atoms with E-state index in [9.17, 15) is 9.59 Å². The molecule has 4 heterocycles. The topological polar surface area (TPSA) is 98.9 Å². The second kappa shape index (κ2) is 7.55. The Morgan fingerprint density at radius 1 is 1.43 bits per heavy atom. The summed E-state index contributed by atoms with van der Waals surface area (Å²) in [6, 6.07) is 5.38. The van der Waals surface area contributed by atoms with Gasteiger partial charge in [0.15, 0.2) is 0 Å². The van der Waals surface area contributed by atoms with Gasteiger partial charge in [0.2, 0.25) is 11.5 Å². The second-order valence-corrected chi connectivity index (χ2v) is 7.05. The molecule has 3 aromatic heterocycles. The van der Waals surface area contributed by atoms with Crippen molar-refractivity contribution in [3.8, 4) is 0 Å². The molecule has 3 N–H and O–H groups in total. The molecule has 1 amide bonds. The van der Waals surface area contributed by atoms with Crippen LogP contribution in [0.15, 0.2) is 29.2 Å². The van der Waals surface area contributed by atoms with Crippen LogP contribution in [-0.4, -0.2) is 41.1 Å². The Balaban J connectivity index is 1.78. The van der Waals surface area contributed by atoms with Crippen molar-refractivity contribution in [1.82, 2.24) is 14.7 Å². The molecule has 0 saturated carbocycles. The molecule has 28 heavy (non-hydrogen) atoms. The zero-order chi connectivity index (χ0) is 19.7. The van der Waals surface area contributed by atoms with Gasteiger partial charge in [-0.1, -0.05) is 4.98 Å². The number of aromatic nitrogens is 3. The maximum atomic E-state index is 13.0. The number of rotatable bonds is 5. The quantitative estimate of drug-likeness (QED) is 0.649. The fourth-order valence-electron chi connectivity index (χ4n) is 3.48. The number of amides is 1. The van der Waals surface area contributed by atoms with Gasteiger partial charge in [0, 0.05) is 25.8 Å². The Kier molecular flexibility index (Phi) is 4.95. The zero-order valence-corrected chi connectivity index (χ0v) is 16.0. The van der Waals surface area contributed by atoms with Crippen molar-refractivity contribution in [2.75, 3.05) is 25.0 Å². The summed E-state index contributed by atoms with van der Waals surface area (Å²) in [6.45, 7) is 5.65. The molecule has 1 atom stereocenters. The summed E-state index contributed by atoms with van der Waals surface area (Å²) in [4.78, 5) is 33.5. The van der Waals surface area contributed by atoms with Crippen molar-refractivity contribution in [3.05, 3.63) is 45.9 Å². The van der Waals surface area contributed by atoms with Crippen molar-refractivity contribution in [2.24, 2.45) is 0 Å². The van der Waals surface area contributed by atoms with E-state index < -0.39 is 0 Å². The number of carbonyl (C=O) groups is 1. The van der Waals surface area contributed by atoms with Crippen LogP contribution in [0.25, 0.3) is 16.7 Å². The van der Waals surface area contributed by atoms with Gasteiger partial charge in [-0.3, -0.25) is 4.79 Å². The summed E-state index contributed by atoms with van der Waals surface area (Å²) in [5, 5.41) is 6.40. The smallest absolute Gasteiger partial charge is 0.325 e. The normalized spacial score (nSPS) is 16.6. The van der Waals surface area contributed by atoms with Gasteiger partial charge in [-0.2, -0.15) is 4.40 Å². The van der Waals surface area contributed by atoms with Crippen LogP contribution in [0.5, 0.6) is 0 Å². The fraction of sp³-hybridized carbons (Fsp3) is 0.400. The van der Waals surface area contributed by atoms with E-state index in [1.54, 1.807) is 16.7 Å². The number of H-pyrrole nitrogens is 1. The lowest BCUT2D eigenvalue weighted by molar-refractivity contribution is -0.319. The van der Waals surface area contributed by atoms with E-state index in [4.69, 9.17) is 4.74 Å². The largest absolute Gasteiger partial charge is 0.376 e. The lowest BCUT2D eigenvalue weighted by Gasteiger charge is -2.12. The highest BCUT2D eigenvalue weighted by Gasteiger charge is 2.23. The van der Waals surface area contributed by atoms with Crippen LogP contribution < -0.4 is 21.2 Å². The van der Waals surface area contributed by atoms with E-state index in [2.05, 4.69) is 20.6 Å². The molecule has 1 aliphatic rings. The van der Waals surface area contributed by atoms with E-state index in [0.29, 0.717) is 41.2 Å². The number of ether oxygens (including phenoxy) is 1. The van der Waals surface area contributed by atoms with Crippen molar-refractivity contribution >= 4 is 28.4 Å². The number of nitrogens with one attached hydrogen (secondary N) is 3. The summed E-state index contributed by atoms with van der Waals surface area (Å²) < 4.78 is 7.10. The number of aromatic amines is 1. The molecule has 1 fully saturated rings. The third-order valence-corrected chi connectivity index (χ3v) is 4.92. The molecule has 0 bridgehead atoms. The first-order valence-electron chi connectivity index (χ1n) is 9.59. The van der Waals surface area contributed by atoms with Gasteiger partial charge in [-0.25, -0.2) is 9.78 Å². The standard InChI is InChI=1S/C20H23N5O3/c1-3-21-17-14(19(26)22-10-13-5-4-8-28-13)9-15-18(24-17)23-16-7-6-12(2)11-25(16)20(15)27/h6-7,9,11,13H,3-5,8,10H2,1-2H3,(H,21,24)(H,22,26)/p+1/t13-/m0/s1. The number of nitrogens with zero attached hydrogens (tertiary/aromatic N) is 2. The summed E-state index contributed by atoms with van der Waals surface area (Å²) in [5.41, 5.74) is 2.20. The first-order valence-corrected chi connectivity index (χ1v) is 9.59. The minimum atomic E-state index is -0.269. The first-order chi connectivity index (χ1) is 13.6. The lowest BCUT2D eigenvalue weighted by Crippen LogP contribution is -2.33. The average molecular weight is 382 g/mol. The van der Waals surface area contributed by atoms with E-state index in [-0.39, 0.29) is 17.6 Å². The van der Waals surface area contributed by atoms with Crippen LogP contribution in [0.3, 0.4) is 0 Å². The Morgan fingerprint density at radius 3 is 3.04 bits per heavy atom. The highest BCUT2D eigenvalue weighted by Crippen LogP contribution is 2.17. The van der Waals surface area contributed by atoms with Gasteiger partial charge in [0.05, 0.1) is 12.3 Å². The maximum absolute atomic E-state index is 13.0. The van der Waals surface area contributed by atoms with Crippen LogP contribution in [-0.2, 0) is 4.74 Å². The Morgan fingerprint density at radius 2 is 2.29 bits per heavy atom. The van der Waals surface area contributed by atoms with Crippen LogP contribution in [0.1, 0.15) is 35.7 Å². The number of anilines is 1. The molecular weight excluding hydrogens is 358 g/mol. The molecule has 0 unspecified atom stereocenters. The summed E-state index contributed by atoms with van der Waals surface area (Å²) in [5.74, 6) is 0.182. The molecule has 8 heteroatoms. The van der Waals surface area contributed by atoms with Crippen molar-refractivity contribution in [3.63, 3.8) is 0 Å². The molecule has 4 rings (SSSR count). The molecule has 1 aliphatic heterocycles. The van der Waals surface area contributed by atoms with Crippen LogP contribution in [0, 0.1) is 6.92 Å². The Bertz CT molecular complexity index is 1100. The molecule has 0 aromatic carbocycles. The second-order valence-electron chi connectivity index (χ2n) is 7.05. The lowest BCUT2D eigenvalue weighted by atomic mass is 10.1. The number of fused-ring (bicyclic) bond motifs is 2. The number of aryl methyl sites for hydroxylation is 1. The average Bonchev–Trinajstić information content (AvgIpc) is 3.20. The van der Waals surface area contributed by atoms with Gasteiger partial charge < -0.3 is 15.4 Å². The maximum Gasteiger partial charge on any atom is 0.325 e. The van der Waals surface area contributed by atoms with Crippen LogP contribution in [0.2, 0.25) is 0 Å². The SMILES string of the molecule is CCNc1nc2[nH+]c3ccc(C)cn3c(=O)c2cc1C(=O)NC[C@@H]1CCCO1.